The standard InChI is InChI=1S/C20H17F2N3O/c1-12-3-4-14(9-13(12)2)20(26)25-19-8-6-16(11-23-19)24-15-5-7-17(21)18(22)10-15/h3-11,24H,1-2H3,(H,23,25,26). The number of aromatic nitrogens is 1. The number of hydrogen-bond donors (Lipinski definition) is 2. The van der Waals surface area contributed by atoms with Gasteiger partial charge in [0.25, 0.3) is 5.91 Å². The molecule has 1 heterocycles. The lowest BCUT2D eigenvalue weighted by Crippen LogP contribution is -2.13. The van der Waals surface area contributed by atoms with Crippen molar-refractivity contribution in [1.29, 1.82) is 0 Å². The molecule has 0 saturated carbocycles. The van der Waals surface area contributed by atoms with E-state index in [1.54, 1.807) is 18.2 Å². The van der Waals surface area contributed by atoms with Crippen LogP contribution in [0.1, 0.15) is 21.5 Å². The van der Waals surface area contributed by atoms with Crippen LogP contribution in [0.15, 0.2) is 54.7 Å². The first-order valence-corrected chi connectivity index (χ1v) is 7.99. The van der Waals surface area contributed by atoms with E-state index in [0.717, 1.165) is 23.3 Å². The molecule has 132 valence electrons. The summed E-state index contributed by atoms with van der Waals surface area (Å²) in [5.41, 5.74) is 3.70. The average molecular weight is 353 g/mol. The van der Waals surface area contributed by atoms with Crippen molar-refractivity contribution in [2.75, 3.05) is 10.6 Å². The van der Waals surface area contributed by atoms with E-state index >= 15 is 0 Å². The minimum absolute atomic E-state index is 0.248. The Morgan fingerprint density at radius 3 is 2.31 bits per heavy atom. The van der Waals surface area contributed by atoms with Gasteiger partial charge >= 0.3 is 0 Å². The molecule has 2 N–H and O–H groups in total. The molecule has 4 nitrogen and oxygen atoms in total. The van der Waals surface area contributed by atoms with E-state index in [0.29, 0.717) is 22.8 Å². The van der Waals surface area contributed by atoms with Gasteiger partial charge in [-0.05, 0) is 61.4 Å². The van der Waals surface area contributed by atoms with E-state index in [4.69, 9.17) is 0 Å². The number of anilines is 3. The summed E-state index contributed by atoms with van der Waals surface area (Å²) in [6, 6.07) is 12.3. The lowest BCUT2D eigenvalue weighted by molar-refractivity contribution is 0.102. The van der Waals surface area contributed by atoms with Crippen LogP contribution in [-0.4, -0.2) is 10.9 Å². The van der Waals surface area contributed by atoms with Gasteiger partial charge in [-0.25, -0.2) is 13.8 Å². The molecule has 26 heavy (non-hydrogen) atoms. The van der Waals surface area contributed by atoms with Crippen molar-refractivity contribution in [3.63, 3.8) is 0 Å². The van der Waals surface area contributed by atoms with Gasteiger partial charge in [-0.2, -0.15) is 0 Å². The van der Waals surface area contributed by atoms with Crippen molar-refractivity contribution in [2.24, 2.45) is 0 Å². The van der Waals surface area contributed by atoms with Gasteiger partial charge < -0.3 is 10.6 Å². The molecule has 1 amide bonds. The Labute approximate surface area is 149 Å². The summed E-state index contributed by atoms with van der Waals surface area (Å²) in [6.07, 6.45) is 1.50. The van der Waals surface area contributed by atoms with E-state index in [2.05, 4.69) is 15.6 Å². The highest BCUT2D eigenvalue weighted by Gasteiger charge is 2.08. The largest absolute Gasteiger partial charge is 0.354 e. The molecule has 0 aliphatic carbocycles. The van der Waals surface area contributed by atoms with Gasteiger partial charge in [0, 0.05) is 17.3 Å². The predicted octanol–water partition coefficient (Wildman–Crippen LogP) is 4.97. The summed E-state index contributed by atoms with van der Waals surface area (Å²) in [6.45, 7) is 3.93. The monoisotopic (exact) mass is 353 g/mol. The number of hydrogen-bond acceptors (Lipinski definition) is 3. The highest BCUT2D eigenvalue weighted by Crippen LogP contribution is 2.19. The fourth-order valence-corrected chi connectivity index (χ4v) is 2.35. The summed E-state index contributed by atoms with van der Waals surface area (Å²) < 4.78 is 26.2. The lowest BCUT2D eigenvalue weighted by Gasteiger charge is -2.09. The number of halogens is 2. The zero-order valence-electron chi connectivity index (χ0n) is 14.3. The third-order valence-electron chi connectivity index (χ3n) is 3.98. The van der Waals surface area contributed by atoms with E-state index < -0.39 is 11.6 Å². The Bertz CT molecular complexity index is 956. The third-order valence-corrected chi connectivity index (χ3v) is 3.98. The van der Waals surface area contributed by atoms with Crippen molar-refractivity contribution in [2.45, 2.75) is 13.8 Å². The van der Waals surface area contributed by atoms with Gasteiger partial charge in [0.1, 0.15) is 5.82 Å². The Morgan fingerprint density at radius 2 is 1.65 bits per heavy atom. The molecule has 2 aromatic carbocycles. The molecular formula is C20H17F2N3O. The maximum atomic E-state index is 13.2. The number of benzene rings is 2. The fourth-order valence-electron chi connectivity index (χ4n) is 2.35. The second kappa shape index (κ2) is 7.31. The highest BCUT2D eigenvalue weighted by atomic mass is 19.2. The normalized spacial score (nSPS) is 10.5. The third kappa shape index (κ3) is 4.03. The molecule has 0 radical (unpaired) electrons. The second-order valence-corrected chi connectivity index (χ2v) is 5.94. The summed E-state index contributed by atoms with van der Waals surface area (Å²) in [4.78, 5) is 16.4. The van der Waals surface area contributed by atoms with Crippen LogP contribution in [-0.2, 0) is 0 Å². The minimum Gasteiger partial charge on any atom is -0.354 e. The van der Waals surface area contributed by atoms with Crippen LogP contribution in [0.5, 0.6) is 0 Å². The summed E-state index contributed by atoms with van der Waals surface area (Å²) in [5.74, 6) is -1.69. The Hall–Kier alpha value is -3.28. The van der Waals surface area contributed by atoms with Crippen LogP contribution in [0.25, 0.3) is 0 Å². The summed E-state index contributed by atoms with van der Waals surface area (Å²) in [5, 5.41) is 5.64. The van der Waals surface area contributed by atoms with Gasteiger partial charge in [-0.15, -0.1) is 0 Å². The SMILES string of the molecule is Cc1ccc(C(=O)Nc2ccc(Nc3ccc(F)c(F)c3)cn2)cc1C. The van der Waals surface area contributed by atoms with Crippen LogP contribution in [0.2, 0.25) is 0 Å². The molecule has 1 aromatic heterocycles. The van der Waals surface area contributed by atoms with E-state index in [-0.39, 0.29) is 5.91 Å². The number of nitrogens with one attached hydrogen (secondary N) is 2. The number of nitrogens with zero attached hydrogens (tertiary/aromatic N) is 1. The molecule has 0 saturated heterocycles. The molecule has 3 rings (SSSR count). The molecular weight excluding hydrogens is 336 g/mol. The molecule has 0 atom stereocenters. The molecule has 0 fully saturated rings. The predicted molar refractivity (Wildman–Crippen MR) is 97.7 cm³/mol. The first kappa shape index (κ1) is 17.5. The van der Waals surface area contributed by atoms with E-state index in [1.807, 2.05) is 26.0 Å². The number of aryl methyl sites for hydroxylation is 2. The Balaban J connectivity index is 1.68. The lowest BCUT2D eigenvalue weighted by atomic mass is 10.1. The van der Waals surface area contributed by atoms with Crippen molar-refractivity contribution in [1.82, 2.24) is 4.98 Å². The Morgan fingerprint density at radius 1 is 0.885 bits per heavy atom. The number of carbonyl (C=O) groups is 1. The molecule has 0 unspecified atom stereocenters. The summed E-state index contributed by atoms with van der Waals surface area (Å²) in [7, 11) is 0. The molecule has 0 spiro atoms. The van der Waals surface area contributed by atoms with Gasteiger partial charge in [0.2, 0.25) is 0 Å². The first-order chi connectivity index (χ1) is 12.4. The highest BCUT2D eigenvalue weighted by molar-refractivity contribution is 6.03. The molecule has 6 heteroatoms. The van der Waals surface area contributed by atoms with Crippen molar-refractivity contribution in [3.05, 3.63) is 83.1 Å². The maximum Gasteiger partial charge on any atom is 0.256 e. The van der Waals surface area contributed by atoms with Gasteiger partial charge in [-0.1, -0.05) is 6.07 Å². The zero-order valence-corrected chi connectivity index (χ0v) is 14.3. The summed E-state index contributed by atoms with van der Waals surface area (Å²) >= 11 is 0. The van der Waals surface area contributed by atoms with Crippen LogP contribution < -0.4 is 10.6 Å². The van der Waals surface area contributed by atoms with Crippen molar-refractivity contribution < 1.29 is 13.6 Å². The van der Waals surface area contributed by atoms with Crippen molar-refractivity contribution in [3.8, 4) is 0 Å². The number of rotatable bonds is 4. The molecule has 0 aliphatic heterocycles. The second-order valence-electron chi connectivity index (χ2n) is 5.94. The Kier molecular flexibility index (Phi) is 4.93. The van der Waals surface area contributed by atoms with Crippen LogP contribution in [0.3, 0.4) is 0 Å². The van der Waals surface area contributed by atoms with Gasteiger partial charge in [-0.3, -0.25) is 4.79 Å². The topological polar surface area (TPSA) is 54.0 Å². The molecule has 0 bridgehead atoms. The quantitative estimate of drug-likeness (QED) is 0.696. The van der Waals surface area contributed by atoms with Crippen LogP contribution >= 0.6 is 0 Å². The first-order valence-electron chi connectivity index (χ1n) is 7.99. The smallest absolute Gasteiger partial charge is 0.256 e. The van der Waals surface area contributed by atoms with Crippen LogP contribution in [0.4, 0.5) is 26.0 Å². The van der Waals surface area contributed by atoms with Gasteiger partial charge in [0.05, 0.1) is 11.9 Å². The maximum absolute atomic E-state index is 13.2. The fraction of sp³-hybridized carbons (Fsp3) is 0.100. The van der Waals surface area contributed by atoms with E-state index in [9.17, 15) is 13.6 Å². The van der Waals surface area contributed by atoms with E-state index in [1.165, 1.54) is 12.3 Å². The number of amides is 1. The zero-order chi connectivity index (χ0) is 18.7. The minimum atomic E-state index is -0.930. The van der Waals surface area contributed by atoms with Crippen molar-refractivity contribution >= 4 is 23.1 Å². The number of carbonyl (C=O) groups excluding carboxylic acids is 1. The van der Waals surface area contributed by atoms with Gasteiger partial charge in [0.15, 0.2) is 11.6 Å². The molecule has 3 aromatic rings. The number of pyridine rings is 1. The average Bonchev–Trinajstić information content (AvgIpc) is 2.62. The van der Waals surface area contributed by atoms with Crippen LogP contribution in [0, 0.1) is 25.5 Å². The molecule has 0 aliphatic rings.